The Morgan fingerprint density at radius 1 is 1.43 bits per heavy atom. The number of aromatic carboxylic acids is 1. The zero-order chi connectivity index (χ0) is 15.6. The second kappa shape index (κ2) is 6.37. The molecule has 1 heterocycles. The number of aryl methyl sites for hydroxylation is 2. The monoisotopic (exact) mass is 328 g/mol. The van der Waals surface area contributed by atoms with Gasteiger partial charge in [-0.1, -0.05) is 36.2 Å². The normalized spacial score (nSPS) is 10.7. The molecule has 0 aliphatic heterocycles. The van der Waals surface area contributed by atoms with Crippen molar-refractivity contribution in [1.82, 2.24) is 9.78 Å². The highest BCUT2D eigenvalue weighted by Gasteiger charge is 2.18. The summed E-state index contributed by atoms with van der Waals surface area (Å²) >= 11 is 12.2. The Bertz CT molecular complexity index is 683. The second-order valence-corrected chi connectivity index (χ2v) is 5.18. The Labute approximate surface area is 132 Å². The van der Waals surface area contributed by atoms with Crippen LogP contribution in [0.3, 0.4) is 0 Å². The first-order valence-electron chi connectivity index (χ1n) is 6.30. The van der Waals surface area contributed by atoms with Gasteiger partial charge in [-0.15, -0.1) is 0 Å². The van der Waals surface area contributed by atoms with Gasteiger partial charge in [-0.2, -0.15) is 5.10 Å². The topological polar surface area (TPSA) is 64.4 Å². The number of aromatic nitrogens is 2. The summed E-state index contributed by atoms with van der Waals surface area (Å²) in [5, 5.41) is 14.2. The van der Waals surface area contributed by atoms with Crippen LogP contribution in [0, 0.1) is 0 Å². The van der Waals surface area contributed by atoms with Crippen LogP contribution in [0.4, 0.5) is 0 Å². The minimum Gasteiger partial charge on any atom is -0.485 e. The third kappa shape index (κ3) is 3.14. The molecular formula is C14H14Cl2N2O3. The van der Waals surface area contributed by atoms with Gasteiger partial charge in [-0.3, -0.25) is 4.68 Å². The molecule has 0 atom stereocenters. The molecule has 1 N–H and O–H groups in total. The molecule has 0 bridgehead atoms. The Kier molecular flexibility index (Phi) is 4.75. The van der Waals surface area contributed by atoms with Crippen LogP contribution in [0.1, 0.15) is 28.7 Å². The largest absolute Gasteiger partial charge is 0.485 e. The smallest absolute Gasteiger partial charge is 0.339 e. The van der Waals surface area contributed by atoms with Crippen molar-refractivity contribution in [3.8, 4) is 5.75 Å². The molecular weight excluding hydrogens is 315 g/mol. The Hall–Kier alpha value is -1.72. The number of hydrogen-bond acceptors (Lipinski definition) is 3. The van der Waals surface area contributed by atoms with Crippen LogP contribution in [-0.2, 0) is 20.1 Å². The van der Waals surface area contributed by atoms with Gasteiger partial charge >= 0.3 is 5.97 Å². The molecule has 0 saturated heterocycles. The van der Waals surface area contributed by atoms with Crippen molar-refractivity contribution >= 4 is 29.2 Å². The van der Waals surface area contributed by atoms with Crippen molar-refractivity contribution in [3.05, 3.63) is 45.2 Å². The van der Waals surface area contributed by atoms with E-state index in [9.17, 15) is 4.79 Å². The molecule has 1 aromatic carbocycles. The van der Waals surface area contributed by atoms with E-state index in [1.165, 1.54) is 6.07 Å². The number of nitrogens with zero attached hydrogens (tertiary/aromatic N) is 2. The average molecular weight is 329 g/mol. The first-order valence-corrected chi connectivity index (χ1v) is 7.06. The first-order chi connectivity index (χ1) is 9.95. The predicted octanol–water partition coefficient (Wildman–Crippen LogP) is 3.57. The lowest BCUT2D eigenvalue weighted by molar-refractivity contribution is 0.0691. The first kappa shape index (κ1) is 15.7. The molecule has 0 aliphatic carbocycles. The van der Waals surface area contributed by atoms with E-state index < -0.39 is 5.97 Å². The van der Waals surface area contributed by atoms with E-state index in [1.807, 2.05) is 6.92 Å². The summed E-state index contributed by atoms with van der Waals surface area (Å²) in [4.78, 5) is 11.2. The summed E-state index contributed by atoms with van der Waals surface area (Å²) < 4.78 is 7.20. The number of carboxylic acid groups (broad SMARTS) is 1. The fraction of sp³-hybridized carbons (Fsp3) is 0.286. The van der Waals surface area contributed by atoms with E-state index in [-0.39, 0.29) is 22.9 Å². The highest BCUT2D eigenvalue weighted by molar-refractivity contribution is 6.32. The summed E-state index contributed by atoms with van der Waals surface area (Å²) in [5.74, 6) is -0.972. The minimum atomic E-state index is -1.10. The summed E-state index contributed by atoms with van der Waals surface area (Å²) in [6.45, 7) is 2.04. The molecule has 0 fully saturated rings. The van der Waals surface area contributed by atoms with Crippen LogP contribution < -0.4 is 4.74 Å². The molecule has 2 aromatic rings. The molecule has 0 saturated carbocycles. The summed E-state index contributed by atoms with van der Waals surface area (Å²) in [6, 6.07) is 4.57. The molecule has 0 radical (unpaired) electrons. The van der Waals surface area contributed by atoms with Gasteiger partial charge in [0.25, 0.3) is 0 Å². The van der Waals surface area contributed by atoms with Crippen LogP contribution >= 0.6 is 23.2 Å². The fourth-order valence-electron chi connectivity index (χ4n) is 1.94. The van der Waals surface area contributed by atoms with E-state index in [0.29, 0.717) is 17.1 Å². The maximum atomic E-state index is 11.2. The molecule has 5 nitrogen and oxygen atoms in total. The van der Waals surface area contributed by atoms with Crippen molar-refractivity contribution in [1.29, 1.82) is 0 Å². The number of carbonyl (C=O) groups is 1. The molecule has 7 heteroatoms. The SMILES string of the molecule is CCc1nn(C)c(COc2c(Cl)cccc2C(=O)O)c1Cl. The van der Waals surface area contributed by atoms with Gasteiger partial charge in [0.1, 0.15) is 12.2 Å². The zero-order valence-electron chi connectivity index (χ0n) is 11.6. The van der Waals surface area contributed by atoms with Gasteiger partial charge in [-0.05, 0) is 18.6 Å². The van der Waals surface area contributed by atoms with E-state index in [4.69, 9.17) is 33.0 Å². The standard InChI is InChI=1S/C14H14Cl2N2O3/c1-3-10-12(16)11(18(2)17-10)7-21-13-8(14(19)20)5-4-6-9(13)15/h4-6H,3,7H2,1-2H3,(H,19,20). The van der Waals surface area contributed by atoms with Gasteiger partial charge in [0.15, 0.2) is 5.75 Å². The molecule has 112 valence electrons. The molecule has 0 spiro atoms. The zero-order valence-corrected chi connectivity index (χ0v) is 13.1. The van der Waals surface area contributed by atoms with Gasteiger partial charge in [0.05, 0.1) is 21.4 Å². The lowest BCUT2D eigenvalue weighted by Gasteiger charge is -2.11. The number of carboxylic acids is 1. The van der Waals surface area contributed by atoms with Gasteiger partial charge in [0.2, 0.25) is 0 Å². The van der Waals surface area contributed by atoms with Crippen LogP contribution in [-0.4, -0.2) is 20.9 Å². The van der Waals surface area contributed by atoms with E-state index in [1.54, 1.807) is 23.9 Å². The maximum absolute atomic E-state index is 11.2. The van der Waals surface area contributed by atoms with Crippen molar-refractivity contribution < 1.29 is 14.6 Å². The molecule has 1 aromatic heterocycles. The number of rotatable bonds is 5. The maximum Gasteiger partial charge on any atom is 0.339 e. The van der Waals surface area contributed by atoms with Crippen molar-refractivity contribution in [3.63, 3.8) is 0 Å². The molecule has 0 aliphatic rings. The summed E-state index contributed by atoms with van der Waals surface area (Å²) in [5.41, 5.74) is 1.46. The van der Waals surface area contributed by atoms with Crippen molar-refractivity contribution in [2.24, 2.45) is 7.05 Å². The van der Waals surface area contributed by atoms with Crippen molar-refractivity contribution in [2.75, 3.05) is 0 Å². The van der Waals surface area contributed by atoms with Gasteiger partial charge in [0, 0.05) is 7.05 Å². The Balaban J connectivity index is 2.29. The van der Waals surface area contributed by atoms with Crippen LogP contribution in [0.5, 0.6) is 5.75 Å². The second-order valence-electron chi connectivity index (χ2n) is 4.39. The highest BCUT2D eigenvalue weighted by atomic mass is 35.5. The Morgan fingerprint density at radius 2 is 2.14 bits per heavy atom. The predicted molar refractivity (Wildman–Crippen MR) is 80.3 cm³/mol. The minimum absolute atomic E-state index is 0.0107. The average Bonchev–Trinajstić information content (AvgIpc) is 2.72. The Morgan fingerprint density at radius 3 is 2.71 bits per heavy atom. The number of halogens is 2. The third-order valence-corrected chi connectivity index (χ3v) is 3.79. The molecule has 0 amide bonds. The fourth-order valence-corrected chi connectivity index (χ4v) is 2.52. The van der Waals surface area contributed by atoms with Crippen LogP contribution in [0.15, 0.2) is 18.2 Å². The third-order valence-electron chi connectivity index (χ3n) is 3.05. The van der Waals surface area contributed by atoms with E-state index >= 15 is 0 Å². The summed E-state index contributed by atoms with van der Waals surface area (Å²) in [6.07, 6.45) is 0.707. The van der Waals surface area contributed by atoms with E-state index in [2.05, 4.69) is 5.10 Å². The summed E-state index contributed by atoms with van der Waals surface area (Å²) in [7, 11) is 1.76. The van der Waals surface area contributed by atoms with E-state index in [0.717, 1.165) is 5.69 Å². The number of ether oxygens (including phenoxy) is 1. The molecule has 21 heavy (non-hydrogen) atoms. The quantitative estimate of drug-likeness (QED) is 0.911. The van der Waals surface area contributed by atoms with Crippen molar-refractivity contribution in [2.45, 2.75) is 20.0 Å². The van der Waals surface area contributed by atoms with Gasteiger partial charge < -0.3 is 9.84 Å². The molecule has 0 unspecified atom stereocenters. The lowest BCUT2D eigenvalue weighted by Crippen LogP contribution is -2.07. The van der Waals surface area contributed by atoms with Crippen LogP contribution in [0.2, 0.25) is 10.0 Å². The number of hydrogen-bond donors (Lipinski definition) is 1. The lowest BCUT2D eigenvalue weighted by atomic mass is 10.2. The van der Waals surface area contributed by atoms with Crippen LogP contribution in [0.25, 0.3) is 0 Å². The highest BCUT2D eigenvalue weighted by Crippen LogP contribution is 2.30. The number of benzene rings is 1. The number of para-hydroxylation sites is 1. The molecule has 2 rings (SSSR count). The van der Waals surface area contributed by atoms with Gasteiger partial charge in [-0.25, -0.2) is 4.79 Å².